The maximum atomic E-state index is 5.61. The summed E-state index contributed by atoms with van der Waals surface area (Å²) in [4.78, 5) is 9.32. The lowest BCUT2D eigenvalue weighted by atomic mass is 10.0. The lowest BCUT2D eigenvalue weighted by molar-refractivity contribution is 1.02. The van der Waals surface area contributed by atoms with Gasteiger partial charge in [0.15, 0.2) is 5.82 Å². The van der Waals surface area contributed by atoms with E-state index in [2.05, 4.69) is 29.4 Å². The van der Waals surface area contributed by atoms with Crippen LogP contribution in [0.15, 0.2) is 60.8 Å². The number of aryl methyl sites for hydroxylation is 1. The second-order valence-corrected chi connectivity index (χ2v) is 5.35. The molecule has 3 N–H and O–H groups in total. The Morgan fingerprint density at radius 3 is 2.48 bits per heavy atom. The van der Waals surface area contributed by atoms with Crippen molar-refractivity contribution in [2.75, 3.05) is 18.4 Å². The summed E-state index contributed by atoms with van der Waals surface area (Å²) in [7, 11) is 0. The Hall–Kier alpha value is -2.72. The molecule has 3 aromatic rings. The molecule has 0 radical (unpaired) electrons. The van der Waals surface area contributed by atoms with Crippen LogP contribution in [0.2, 0.25) is 0 Å². The van der Waals surface area contributed by atoms with Crippen molar-refractivity contribution in [3.05, 3.63) is 66.4 Å². The monoisotopic (exact) mass is 304 g/mol. The molecule has 0 aliphatic carbocycles. The average Bonchev–Trinajstić information content (AvgIpc) is 2.61. The highest BCUT2D eigenvalue weighted by Gasteiger charge is 2.12. The van der Waals surface area contributed by atoms with Crippen molar-refractivity contribution in [3.8, 4) is 22.6 Å². The Morgan fingerprint density at radius 1 is 1.00 bits per heavy atom. The van der Waals surface area contributed by atoms with Gasteiger partial charge in [0.2, 0.25) is 0 Å². The van der Waals surface area contributed by atoms with Crippen LogP contribution in [0.25, 0.3) is 22.6 Å². The van der Waals surface area contributed by atoms with Crippen LogP contribution in [-0.4, -0.2) is 23.1 Å². The van der Waals surface area contributed by atoms with Crippen LogP contribution in [0.3, 0.4) is 0 Å². The Kier molecular flexibility index (Phi) is 4.64. The number of hydrogen-bond acceptors (Lipinski definition) is 4. The van der Waals surface area contributed by atoms with Crippen LogP contribution < -0.4 is 11.1 Å². The second kappa shape index (κ2) is 7.03. The van der Waals surface area contributed by atoms with Gasteiger partial charge >= 0.3 is 0 Å². The van der Waals surface area contributed by atoms with E-state index >= 15 is 0 Å². The SMILES string of the molecule is Cc1ccccc1-c1nc(-c2ccccc2)ncc1NCCN. The molecule has 0 saturated carbocycles. The fourth-order valence-corrected chi connectivity index (χ4v) is 2.49. The summed E-state index contributed by atoms with van der Waals surface area (Å²) in [6.45, 7) is 3.34. The minimum atomic E-state index is 0.563. The van der Waals surface area contributed by atoms with Gasteiger partial charge in [0.1, 0.15) is 0 Å². The molecule has 0 aliphatic rings. The zero-order valence-corrected chi connectivity index (χ0v) is 13.2. The van der Waals surface area contributed by atoms with Crippen LogP contribution in [-0.2, 0) is 0 Å². The van der Waals surface area contributed by atoms with Gasteiger partial charge in [-0.15, -0.1) is 0 Å². The summed E-state index contributed by atoms with van der Waals surface area (Å²) < 4.78 is 0. The number of nitrogens with two attached hydrogens (primary N) is 1. The molecule has 0 amide bonds. The number of nitrogens with zero attached hydrogens (tertiary/aromatic N) is 2. The Labute approximate surface area is 136 Å². The molecule has 0 spiro atoms. The van der Waals surface area contributed by atoms with Gasteiger partial charge in [-0.25, -0.2) is 9.97 Å². The van der Waals surface area contributed by atoms with Crippen LogP contribution in [0.4, 0.5) is 5.69 Å². The summed E-state index contributed by atoms with van der Waals surface area (Å²) in [5.74, 6) is 0.724. The molecular formula is C19H20N4. The first-order valence-corrected chi connectivity index (χ1v) is 7.72. The van der Waals surface area contributed by atoms with Crippen molar-refractivity contribution in [3.63, 3.8) is 0 Å². The molecule has 116 valence electrons. The molecule has 0 saturated heterocycles. The van der Waals surface area contributed by atoms with Crippen LogP contribution in [0, 0.1) is 6.92 Å². The molecule has 4 nitrogen and oxygen atoms in total. The number of anilines is 1. The maximum Gasteiger partial charge on any atom is 0.159 e. The quantitative estimate of drug-likeness (QED) is 0.757. The third kappa shape index (κ3) is 3.38. The normalized spacial score (nSPS) is 10.5. The van der Waals surface area contributed by atoms with Gasteiger partial charge in [0, 0.05) is 24.2 Å². The van der Waals surface area contributed by atoms with Crippen molar-refractivity contribution in [2.45, 2.75) is 6.92 Å². The highest BCUT2D eigenvalue weighted by molar-refractivity contribution is 5.77. The first kappa shape index (κ1) is 15.2. The van der Waals surface area contributed by atoms with Gasteiger partial charge in [0.05, 0.1) is 17.6 Å². The van der Waals surface area contributed by atoms with E-state index in [9.17, 15) is 0 Å². The van der Waals surface area contributed by atoms with E-state index in [1.807, 2.05) is 48.7 Å². The summed E-state index contributed by atoms with van der Waals surface area (Å²) in [6.07, 6.45) is 1.84. The number of nitrogens with one attached hydrogen (secondary N) is 1. The van der Waals surface area contributed by atoms with Gasteiger partial charge in [0.25, 0.3) is 0 Å². The lowest BCUT2D eigenvalue weighted by Gasteiger charge is -2.13. The second-order valence-electron chi connectivity index (χ2n) is 5.35. The van der Waals surface area contributed by atoms with Gasteiger partial charge in [-0.05, 0) is 12.5 Å². The minimum Gasteiger partial charge on any atom is -0.381 e. The standard InChI is InChI=1S/C19H20N4/c1-14-7-5-6-10-16(14)18-17(21-12-11-20)13-22-19(23-18)15-8-3-2-4-9-15/h2-10,13,21H,11-12,20H2,1H3. The Bertz CT molecular complexity index is 784. The Morgan fingerprint density at radius 2 is 1.74 bits per heavy atom. The lowest BCUT2D eigenvalue weighted by Crippen LogP contribution is -2.14. The molecule has 4 heteroatoms. The predicted molar refractivity (Wildman–Crippen MR) is 95.2 cm³/mol. The number of hydrogen-bond donors (Lipinski definition) is 2. The number of rotatable bonds is 5. The zero-order valence-electron chi connectivity index (χ0n) is 13.2. The smallest absolute Gasteiger partial charge is 0.159 e. The maximum absolute atomic E-state index is 5.61. The third-order valence-electron chi connectivity index (χ3n) is 3.68. The van der Waals surface area contributed by atoms with E-state index in [1.165, 1.54) is 5.56 Å². The summed E-state index contributed by atoms with van der Waals surface area (Å²) >= 11 is 0. The van der Waals surface area contributed by atoms with Crippen molar-refractivity contribution in [1.82, 2.24) is 9.97 Å². The molecule has 2 aromatic carbocycles. The molecule has 1 heterocycles. The molecular weight excluding hydrogens is 284 g/mol. The summed E-state index contributed by atoms with van der Waals surface area (Å²) in [5.41, 5.74) is 10.7. The van der Waals surface area contributed by atoms with Gasteiger partial charge in [-0.2, -0.15) is 0 Å². The van der Waals surface area contributed by atoms with E-state index in [0.29, 0.717) is 13.1 Å². The van der Waals surface area contributed by atoms with Crippen LogP contribution in [0.5, 0.6) is 0 Å². The molecule has 0 bridgehead atoms. The molecule has 1 aromatic heterocycles. The Balaban J connectivity index is 2.11. The fourth-order valence-electron chi connectivity index (χ4n) is 2.49. The van der Waals surface area contributed by atoms with Gasteiger partial charge in [-0.1, -0.05) is 54.6 Å². The molecule has 0 aliphatic heterocycles. The van der Waals surface area contributed by atoms with Crippen molar-refractivity contribution >= 4 is 5.69 Å². The minimum absolute atomic E-state index is 0.563. The predicted octanol–water partition coefficient (Wildman–Crippen LogP) is 3.49. The first-order chi connectivity index (χ1) is 11.3. The van der Waals surface area contributed by atoms with E-state index < -0.39 is 0 Å². The van der Waals surface area contributed by atoms with E-state index in [-0.39, 0.29) is 0 Å². The zero-order chi connectivity index (χ0) is 16.1. The van der Waals surface area contributed by atoms with Crippen molar-refractivity contribution in [2.24, 2.45) is 5.73 Å². The summed E-state index contributed by atoms with van der Waals surface area (Å²) in [5, 5.41) is 3.32. The molecule has 3 rings (SSSR count). The van der Waals surface area contributed by atoms with Crippen molar-refractivity contribution < 1.29 is 0 Å². The molecule has 0 fully saturated rings. The largest absolute Gasteiger partial charge is 0.381 e. The van der Waals surface area contributed by atoms with E-state index in [0.717, 1.165) is 28.3 Å². The van der Waals surface area contributed by atoms with Gasteiger partial charge < -0.3 is 11.1 Å². The molecule has 23 heavy (non-hydrogen) atoms. The third-order valence-corrected chi connectivity index (χ3v) is 3.68. The van der Waals surface area contributed by atoms with Gasteiger partial charge in [-0.3, -0.25) is 0 Å². The number of benzene rings is 2. The highest BCUT2D eigenvalue weighted by Crippen LogP contribution is 2.30. The van der Waals surface area contributed by atoms with E-state index in [1.54, 1.807) is 0 Å². The van der Waals surface area contributed by atoms with Crippen LogP contribution >= 0.6 is 0 Å². The summed E-state index contributed by atoms with van der Waals surface area (Å²) in [6, 6.07) is 18.2. The highest BCUT2D eigenvalue weighted by atomic mass is 15.0. The van der Waals surface area contributed by atoms with E-state index in [4.69, 9.17) is 10.7 Å². The molecule has 0 unspecified atom stereocenters. The van der Waals surface area contributed by atoms with Crippen molar-refractivity contribution in [1.29, 1.82) is 0 Å². The molecule has 0 atom stereocenters. The average molecular weight is 304 g/mol. The van der Waals surface area contributed by atoms with Crippen LogP contribution in [0.1, 0.15) is 5.56 Å². The fraction of sp³-hybridized carbons (Fsp3) is 0.158. The first-order valence-electron chi connectivity index (χ1n) is 7.72. The number of aromatic nitrogens is 2. The topological polar surface area (TPSA) is 63.8 Å².